The molecule has 1 aliphatic rings. The predicted octanol–water partition coefficient (Wildman–Crippen LogP) is 6.84. The summed E-state index contributed by atoms with van der Waals surface area (Å²) < 4.78 is 0. The Morgan fingerprint density at radius 2 is 1.81 bits per heavy atom. The Morgan fingerprint density at radius 1 is 1.06 bits per heavy atom. The number of hydrogen-bond donors (Lipinski definition) is 1. The lowest BCUT2D eigenvalue weighted by Gasteiger charge is -2.41. The standard InChI is InChI=1S/C31H34ClN3O/c1-4-27(5-2)33-31(36)35-18-17-34(22-28(35)20-24-9-7-6-8-10-24)21-25-12-14-26(15-13-25)29-19-23(3)11-16-30(29)32/h4-16,19,28H,1,17-18,20-22H2,2-3H3,(H,33,36)/b27-5+. The zero-order valence-electron chi connectivity index (χ0n) is 21.1. The van der Waals surface area contributed by atoms with E-state index in [0.29, 0.717) is 6.54 Å². The second kappa shape index (κ2) is 12.1. The third-order valence-electron chi connectivity index (χ3n) is 6.72. The number of urea groups is 1. The molecule has 0 radical (unpaired) electrons. The zero-order valence-corrected chi connectivity index (χ0v) is 21.8. The summed E-state index contributed by atoms with van der Waals surface area (Å²) in [4.78, 5) is 17.5. The summed E-state index contributed by atoms with van der Waals surface area (Å²) in [5.41, 5.74) is 6.59. The predicted molar refractivity (Wildman–Crippen MR) is 150 cm³/mol. The Labute approximate surface area is 219 Å². The monoisotopic (exact) mass is 499 g/mol. The molecule has 0 aliphatic carbocycles. The number of benzene rings is 3. The van der Waals surface area contributed by atoms with Gasteiger partial charge in [0.25, 0.3) is 0 Å². The Hall–Kier alpha value is -3.34. The Bertz CT molecular complexity index is 1220. The number of allylic oxidation sites excluding steroid dienone is 2. The molecule has 3 aromatic carbocycles. The summed E-state index contributed by atoms with van der Waals surface area (Å²) in [5, 5.41) is 3.76. The van der Waals surface area contributed by atoms with Crippen molar-refractivity contribution in [3.63, 3.8) is 0 Å². The van der Waals surface area contributed by atoms with E-state index in [9.17, 15) is 4.79 Å². The quantitative estimate of drug-likeness (QED) is 0.361. The van der Waals surface area contributed by atoms with Crippen LogP contribution in [0.25, 0.3) is 11.1 Å². The Kier molecular flexibility index (Phi) is 8.63. The number of nitrogens with one attached hydrogen (secondary N) is 1. The van der Waals surface area contributed by atoms with E-state index in [0.717, 1.165) is 47.9 Å². The molecule has 4 nitrogen and oxygen atoms in total. The maximum Gasteiger partial charge on any atom is 0.322 e. The molecule has 0 aromatic heterocycles. The molecule has 36 heavy (non-hydrogen) atoms. The first-order chi connectivity index (χ1) is 17.5. The van der Waals surface area contributed by atoms with Crippen LogP contribution in [0.5, 0.6) is 0 Å². The number of aryl methyl sites for hydroxylation is 1. The minimum atomic E-state index is -0.0667. The van der Waals surface area contributed by atoms with Crippen molar-refractivity contribution in [3.8, 4) is 11.1 Å². The summed E-state index contributed by atoms with van der Waals surface area (Å²) in [7, 11) is 0. The largest absolute Gasteiger partial charge is 0.322 e. The molecule has 5 heteroatoms. The second-order valence-corrected chi connectivity index (χ2v) is 9.74. The molecule has 1 unspecified atom stereocenters. The Morgan fingerprint density at radius 3 is 2.50 bits per heavy atom. The molecule has 0 saturated carbocycles. The third-order valence-corrected chi connectivity index (χ3v) is 7.05. The molecule has 1 heterocycles. The van der Waals surface area contributed by atoms with Gasteiger partial charge in [-0.15, -0.1) is 0 Å². The first-order valence-corrected chi connectivity index (χ1v) is 12.8. The van der Waals surface area contributed by atoms with Gasteiger partial charge in [0.2, 0.25) is 0 Å². The van der Waals surface area contributed by atoms with Crippen LogP contribution in [0.1, 0.15) is 23.6 Å². The van der Waals surface area contributed by atoms with E-state index in [4.69, 9.17) is 11.6 Å². The van der Waals surface area contributed by atoms with Crippen molar-refractivity contribution >= 4 is 17.6 Å². The number of piperazine rings is 1. The first kappa shape index (κ1) is 25.7. The van der Waals surface area contributed by atoms with Gasteiger partial charge < -0.3 is 10.2 Å². The molecule has 0 spiro atoms. The topological polar surface area (TPSA) is 35.6 Å². The summed E-state index contributed by atoms with van der Waals surface area (Å²) in [6.07, 6.45) is 4.35. The summed E-state index contributed by atoms with van der Waals surface area (Å²) in [6.45, 7) is 10.9. The summed E-state index contributed by atoms with van der Waals surface area (Å²) >= 11 is 6.44. The van der Waals surface area contributed by atoms with Crippen molar-refractivity contribution < 1.29 is 4.79 Å². The molecule has 1 aliphatic heterocycles. The molecule has 2 amide bonds. The lowest BCUT2D eigenvalue weighted by molar-refractivity contribution is 0.0910. The minimum absolute atomic E-state index is 0.0667. The van der Waals surface area contributed by atoms with Gasteiger partial charge in [-0.2, -0.15) is 0 Å². The number of carbonyl (C=O) groups is 1. The first-order valence-electron chi connectivity index (χ1n) is 12.4. The fourth-order valence-electron chi connectivity index (χ4n) is 4.74. The summed E-state index contributed by atoms with van der Waals surface area (Å²) in [5.74, 6) is 0. The smallest absolute Gasteiger partial charge is 0.319 e. The highest BCUT2D eigenvalue weighted by Gasteiger charge is 2.30. The number of rotatable bonds is 7. The van der Waals surface area contributed by atoms with Crippen LogP contribution in [0.4, 0.5) is 4.79 Å². The SMILES string of the molecule is C=C/C(=C\C)NC(=O)N1CCN(Cc2ccc(-c3cc(C)ccc3Cl)cc2)CC1Cc1ccccc1. The third kappa shape index (κ3) is 6.45. The van der Waals surface area contributed by atoms with E-state index in [1.807, 2.05) is 36.1 Å². The molecule has 186 valence electrons. The van der Waals surface area contributed by atoms with Crippen molar-refractivity contribution in [3.05, 3.63) is 119 Å². The number of amides is 2. The molecule has 1 saturated heterocycles. The Balaban J connectivity index is 1.47. The minimum Gasteiger partial charge on any atom is -0.319 e. The van der Waals surface area contributed by atoms with E-state index in [-0.39, 0.29) is 12.1 Å². The van der Waals surface area contributed by atoms with Crippen LogP contribution >= 0.6 is 11.6 Å². The van der Waals surface area contributed by atoms with Crippen LogP contribution in [0.15, 0.2) is 97.2 Å². The fourth-order valence-corrected chi connectivity index (χ4v) is 4.96. The maximum absolute atomic E-state index is 13.1. The van der Waals surface area contributed by atoms with E-state index in [1.165, 1.54) is 16.7 Å². The lowest BCUT2D eigenvalue weighted by Crippen LogP contribution is -2.57. The van der Waals surface area contributed by atoms with Crippen LogP contribution in [-0.2, 0) is 13.0 Å². The van der Waals surface area contributed by atoms with Gasteiger partial charge in [-0.25, -0.2) is 4.79 Å². The fraction of sp³-hybridized carbons (Fsp3) is 0.258. The van der Waals surface area contributed by atoms with Crippen LogP contribution in [0.2, 0.25) is 5.02 Å². The number of hydrogen-bond acceptors (Lipinski definition) is 2. The van der Waals surface area contributed by atoms with Crippen LogP contribution in [-0.4, -0.2) is 41.5 Å². The van der Waals surface area contributed by atoms with Crippen molar-refractivity contribution in [2.75, 3.05) is 19.6 Å². The average Bonchev–Trinajstić information content (AvgIpc) is 2.90. The van der Waals surface area contributed by atoms with Gasteiger partial charge in [-0.1, -0.05) is 90.5 Å². The van der Waals surface area contributed by atoms with Gasteiger partial charge in [0.05, 0.1) is 6.04 Å². The normalized spacial score (nSPS) is 16.6. The van der Waals surface area contributed by atoms with Crippen LogP contribution in [0.3, 0.4) is 0 Å². The van der Waals surface area contributed by atoms with Gasteiger partial charge in [0.15, 0.2) is 0 Å². The van der Waals surface area contributed by atoms with Crippen molar-refractivity contribution in [1.29, 1.82) is 0 Å². The molecular formula is C31H34ClN3O. The molecule has 1 N–H and O–H groups in total. The highest BCUT2D eigenvalue weighted by atomic mass is 35.5. The van der Waals surface area contributed by atoms with Gasteiger partial charge >= 0.3 is 6.03 Å². The highest BCUT2D eigenvalue weighted by molar-refractivity contribution is 6.33. The van der Waals surface area contributed by atoms with Crippen molar-refractivity contribution in [1.82, 2.24) is 15.1 Å². The molecule has 1 atom stereocenters. The molecule has 4 rings (SSSR count). The molecular weight excluding hydrogens is 466 g/mol. The molecule has 0 bridgehead atoms. The second-order valence-electron chi connectivity index (χ2n) is 9.33. The van der Waals surface area contributed by atoms with Crippen LogP contribution in [0, 0.1) is 6.92 Å². The molecule has 3 aromatic rings. The number of nitrogens with zero attached hydrogens (tertiary/aromatic N) is 2. The van der Waals surface area contributed by atoms with Gasteiger partial charge in [0.1, 0.15) is 0 Å². The van der Waals surface area contributed by atoms with E-state index in [2.05, 4.69) is 78.3 Å². The van der Waals surface area contributed by atoms with E-state index < -0.39 is 0 Å². The number of carbonyl (C=O) groups excluding carboxylic acids is 1. The van der Waals surface area contributed by atoms with E-state index in [1.54, 1.807) is 6.08 Å². The lowest BCUT2D eigenvalue weighted by atomic mass is 10.0. The number of halogens is 1. The van der Waals surface area contributed by atoms with Gasteiger partial charge in [0, 0.05) is 42.5 Å². The molecule has 1 fully saturated rings. The van der Waals surface area contributed by atoms with Crippen molar-refractivity contribution in [2.45, 2.75) is 32.9 Å². The highest BCUT2D eigenvalue weighted by Crippen LogP contribution is 2.29. The van der Waals surface area contributed by atoms with Crippen LogP contribution < -0.4 is 5.32 Å². The maximum atomic E-state index is 13.1. The van der Waals surface area contributed by atoms with Gasteiger partial charge in [-0.3, -0.25) is 4.90 Å². The average molecular weight is 500 g/mol. The van der Waals surface area contributed by atoms with Crippen molar-refractivity contribution in [2.24, 2.45) is 0 Å². The van der Waals surface area contributed by atoms with Gasteiger partial charge in [-0.05, 0) is 55.2 Å². The zero-order chi connectivity index (χ0) is 25.5. The van der Waals surface area contributed by atoms with E-state index >= 15 is 0 Å². The summed E-state index contributed by atoms with van der Waals surface area (Å²) in [6, 6.07) is 25.2.